The Morgan fingerprint density at radius 2 is 1.86 bits per heavy atom. The lowest BCUT2D eigenvalue weighted by molar-refractivity contribution is -0.112. The van der Waals surface area contributed by atoms with Crippen molar-refractivity contribution in [3.8, 4) is 6.07 Å². The normalized spacial score (nSPS) is 15.9. The first-order valence-corrected chi connectivity index (χ1v) is 9.44. The van der Waals surface area contributed by atoms with Gasteiger partial charge in [0.25, 0.3) is 5.91 Å². The fourth-order valence-electron chi connectivity index (χ4n) is 3.36. The van der Waals surface area contributed by atoms with Crippen molar-refractivity contribution in [3.63, 3.8) is 0 Å². The zero-order valence-corrected chi connectivity index (χ0v) is 16.7. The van der Waals surface area contributed by atoms with E-state index in [2.05, 4.69) is 10.6 Å². The largest absolute Gasteiger partial charge is 0.462 e. The number of nitriles is 1. The van der Waals surface area contributed by atoms with Crippen molar-refractivity contribution in [2.24, 2.45) is 0 Å². The average Bonchev–Trinajstić information content (AvgIpc) is 2.68. The number of hydrogen-bond acceptors (Lipinski definition) is 5. The highest BCUT2D eigenvalue weighted by Gasteiger charge is 2.31. The molecule has 2 aromatic rings. The van der Waals surface area contributed by atoms with Gasteiger partial charge in [0, 0.05) is 16.8 Å². The van der Waals surface area contributed by atoms with Crippen LogP contribution in [0.5, 0.6) is 0 Å². The van der Waals surface area contributed by atoms with Crippen molar-refractivity contribution in [2.75, 3.05) is 11.9 Å². The summed E-state index contributed by atoms with van der Waals surface area (Å²) in [6.45, 7) is 6.09. The van der Waals surface area contributed by atoms with Gasteiger partial charge in [-0.25, -0.2) is 4.79 Å². The second-order valence-electron chi connectivity index (χ2n) is 7.46. The Hall–Kier alpha value is -3.59. The number of anilines is 1. The Kier molecular flexibility index (Phi) is 5.69. The minimum atomic E-state index is -0.508. The number of nitrogens with one attached hydrogen (secondary N) is 2. The van der Waals surface area contributed by atoms with E-state index in [1.54, 1.807) is 31.2 Å². The van der Waals surface area contributed by atoms with E-state index in [0.29, 0.717) is 23.6 Å². The number of carbonyl (C=O) groups is 2. The quantitative estimate of drug-likeness (QED) is 0.473. The van der Waals surface area contributed by atoms with Gasteiger partial charge in [0.15, 0.2) is 0 Å². The minimum Gasteiger partial charge on any atom is -0.462 e. The van der Waals surface area contributed by atoms with E-state index in [1.165, 1.54) is 0 Å². The lowest BCUT2D eigenvalue weighted by atomic mass is 9.84. The maximum atomic E-state index is 12.9. The molecule has 148 valence electrons. The summed E-state index contributed by atoms with van der Waals surface area (Å²) in [5, 5.41) is 15.8. The maximum Gasteiger partial charge on any atom is 0.338 e. The molecule has 0 radical (unpaired) electrons. The molecule has 0 unspecified atom stereocenters. The van der Waals surface area contributed by atoms with Crippen molar-refractivity contribution >= 4 is 23.3 Å². The van der Waals surface area contributed by atoms with Crippen LogP contribution in [0.2, 0.25) is 0 Å². The third kappa shape index (κ3) is 4.46. The standard InChI is InChI=1S/C23H23N3O3/c1-4-29-22(28)15-9-11-17(12-10-15)25-21(27)19(14-24)20-18-8-6-5-7-16(18)13-23(2,3)26-20/h5-12,26H,4,13H2,1-3H3,(H,25,27). The summed E-state index contributed by atoms with van der Waals surface area (Å²) in [4.78, 5) is 24.6. The third-order valence-electron chi connectivity index (χ3n) is 4.63. The van der Waals surface area contributed by atoms with E-state index in [4.69, 9.17) is 4.74 Å². The molecule has 0 bridgehead atoms. The zero-order valence-electron chi connectivity index (χ0n) is 16.7. The van der Waals surface area contributed by atoms with Crippen molar-refractivity contribution in [2.45, 2.75) is 32.7 Å². The predicted octanol–water partition coefficient (Wildman–Crippen LogP) is 3.66. The number of ether oxygens (including phenoxy) is 1. The Bertz CT molecular complexity index is 1010. The Balaban J connectivity index is 1.90. The van der Waals surface area contributed by atoms with E-state index < -0.39 is 11.9 Å². The Labute approximate surface area is 170 Å². The Morgan fingerprint density at radius 3 is 2.52 bits per heavy atom. The van der Waals surface area contributed by atoms with Crippen LogP contribution in [-0.2, 0) is 16.0 Å². The number of hydrogen-bond donors (Lipinski definition) is 2. The lowest BCUT2D eigenvalue weighted by Gasteiger charge is -2.36. The molecule has 2 N–H and O–H groups in total. The van der Waals surface area contributed by atoms with Crippen LogP contribution in [0.4, 0.5) is 5.69 Å². The molecular formula is C23H23N3O3. The van der Waals surface area contributed by atoms with E-state index in [-0.39, 0.29) is 11.1 Å². The van der Waals surface area contributed by atoms with E-state index in [9.17, 15) is 14.9 Å². The number of esters is 1. The fraction of sp³-hybridized carbons (Fsp3) is 0.261. The third-order valence-corrected chi connectivity index (χ3v) is 4.63. The molecule has 0 aromatic heterocycles. The summed E-state index contributed by atoms with van der Waals surface area (Å²) in [5.74, 6) is -0.929. The highest BCUT2D eigenvalue weighted by molar-refractivity contribution is 6.12. The van der Waals surface area contributed by atoms with Gasteiger partial charge in [-0.1, -0.05) is 24.3 Å². The predicted molar refractivity (Wildman–Crippen MR) is 111 cm³/mol. The summed E-state index contributed by atoms with van der Waals surface area (Å²) in [6, 6.07) is 16.2. The highest BCUT2D eigenvalue weighted by Crippen LogP contribution is 2.31. The van der Waals surface area contributed by atoms with Crippen LogP contribution in [0.3, 0.4) is 0 Å². The summed E-state index contributed by atoms with van der Waals surface area (Å²) in [6.07, 6.45) is 0.794. The van der Waals surface area contributed by atoms with E-state index in [1.807, 2.05) is 44.2 Å². The number of carbonyl (C=O) groups excluding carboxylic acids is 2. The van der Waals surface area contributed by atoms with Crippen LogP contribution in [0.15, 0.2) is 54.1 Å². The SMILES string of the molecule is CCOC(=O)c1ccc(NC(=O)C(C#N)=C2NC(C)(C)Cc3ccccc32)cc1. The molecule has 0 atom stereocenters. The number of nitrogens with zero attached hydrogens (tertiary/aromatic N) is 1. The number of benzene rings is 2. The zero-order chi connectivity index (χ0) is 21.0. The second kappa shape index (κ2) is 8.19. The van der Waals surface area contributed by atoms with Gasteiger partial charge in [0.1, 0.15) is 11.6 Å². The van der Waals surface area contributed by atoms with Crippen molar-refractivity contribution < 1.29 is 14.3 Å². The summed E-state index contributed by atoms with van der Waals surface area (Å²) in [5.41, 5.74) is 3.09. The molecular weight excluding hydrogens is 366 g/mol. The molecule has 29 heavy (non-hydrogen) atoms. The van der Waals surface area contributed by atoms with Gasteiger partial charge in [0.2, 0.25) is 0 Å². The average molecular weight is 389 g/mol. The van der Waals surface area contributed by atoms with E-state index in [0.717, 1.165) is 17.5 Å². The number of fused-ring (bicyclic) bond motifs is 1. The second-order valence-corrected chi connectivity index (χ2v) is 7.46. The molecule has 2 aromatic carbocycles. The molecule has 3 rings (SSSR count). The van der Waals surface area contributed by atoms with Crippen LogP contribution >= 0.6 is 0 Å². The topological polar surface area (TPSA) is 91.2 Å². The molecule has 1 aliphatic rings. The lowest BCUT2D eigenvalue weighted by Crippen LogP contribution is -2.44. The van der Waals surface area contributed by atoms with Crippen molar-refractivity contribution in [1.82, 2.24) is 5.32 Å². The fourth-order valence-corrected chi connectivity index (χ4v) is 3.36. The van der Waals surface area contributed by atoms with Gasteiger partial charge in [0.05, 0.1) is 17.9 Å². The molecule has 1 heterocycles. The van der Waals surface area contributed by atoms with Crippen LogP contribution in [0, 0.1) is 11.3 Å². The van der Waals surface area contributed by atoms with Gasteiger partial charge >= 0.3 is 5.97 Å². The molecule has 1 aliphatic heterocycles. The number of rotatable bonds is 4. The smallest absolute Gasteiger partial charge is 0.338 e. The van der Waals surface area contributed by atoms with Crippen molar-refractivity contribution in [1.29, 1.82) is 5.26 Å². The molecule has 0 saturated heterocycles. The van der Waals surface area contributed by atoms with Crippen molar-refractivity contribution in [3.05, 3.63) is 70.8 Å². The maximum absolute atomic E-state index is 12.9. The Morgan fingerprint density at radius 1 is 1.17 bits per heavy atom. The van der Waals surface area contributed by atoms with Gasteiger partial charge < -0.3 is 15.4 Å². The van der Waals surface area contributed by atoms with Crippen LogP contribution in [0.1, 0.15) is 42.3 Å². The first kappa shape index (κ1) is 20.2. The molecule has 0 saturated carbocycles. The molecule has 0 aliphatic carbocycles. The van der Waals surface area contributed by atoms with Gasteiger partial charge in [-0.2, -0.15) is 5.26 Å². The molecule has 0 fully saturated rings. The van der Waals surface area contributed by atoms with Crippen LogP contribution in [0.25, 0.3) is 5.70 Å². The number of amides is 1. The summed E-state index contributed by atoms with van der Waals surface area (Å²) >= 11 is 0. The first-order chi connectivity index (χ1) is 13.8. The highest BCUT2D eigenvalue weighted by atomic mass is 16.5. The van der Waals surface area contributed by atoms with Crippen LogP contribution < -0.4 is 10.6 Å². The minimum absolute atomic E-state index is 0.0136. The molecule has 6 heteroatoms. The van der Waals surface area contributed by atoms with Gasteiger partial charge in [-0.05, 0) is 57.0 Å². The molecule has 6 nitrogen and oxygen atoms in total. The van der Waals surface area contributed by atoms with Crippen LogP contribution in [-0.4, -0.2) is 24.0 Å². The monoisotopic (exact) mass is 389 g/mol. The first-order valence-electron chi connectivity index (χ1n) is 9.44. The summed E-state index contributed by atoms with van der Waals surface area (Å²) < 4.78 is 4.95. The molecule has 1 amide bonds. The van der Waals surface area contributed by atoms with Gasteiger partial charge in [-0.15, -0.1) is 0 Å². The van der Waals surface area contributed by atoms with E-state index >= 15 is 0 Å². The van der Waals surface area contributed by atoms with Gasteiger partial charge in [-0.3, -0.25) is 4.79 Å². The molecule has 0 spiro atoms. The summed E-state index contributed by atoms with van der Waals surface area (Å²) in [7, 11) is 0.